The molecule has 1 aromatic carbocycles. The van der Waals surface area contributed by atoms with Crippen molar-refractivity contribution in [2.45, 2.75) is 31.6 Å². The minimum absolute atomic E-state index is 0.0870. The van der Waals surface area contributed by atoms with E-state index in [1.807, 2.05) is 0 Å². The van der Waals surface area contributed by atoms with Gasteiger partial charge >= 0.3 is 6.18 Å². The number of nitrogens with one attached hydrogen (secondary N) is 1. The first-order valence-electron chi connectivity index (χ1n) is 6.83. The highest BCUT2D eigenvalue weighted by Gasteiger charge is 2.31. The average molecular weight is 323 g/mol. The smallest absolute Gasteiger partial charge is 0.395 e. The van der Waals surface area contributed by atoms with Crippen LogP contribution in [-0.2, 0) is 6.54 Å². The van der Waals surface area contributed by atoms with Crippen molar-refractivity contribution in [2.75, 3.05) is 24.6 Å². The lowest BCUT2D eigenvalue weighted by Crippen LogP contribution is -2.37. The molecule has 0 aliphatic heterocycles. The minimum Gasteiger partial charge on any atom is -0.395 e. The van der Waals surface area contributed by atoms with E-state index in [-0.39, 0.29) is 13.2 Å². The lowest BCUT2D eigenvalue weighted by Gasteiger charge is -2.27. The Labute approximate surface area is 126 Å². The molecule has 0 aromatic heterocycles. The van der Waals surface area contributed by atoms with E-state index in [2.05, 4.69) is 5.32 Å². The monoisotopic (exact) mass is 322 g/mol. The summed E-state index contributed by atoms with van der Waals surface area (Å²) in [6.45, 7) is -1.05. The molecule has 0 amide bonds. The van der Waals surface area contributed by atoms with Gasteiger partial charge in [-0.3, -0.25) is 0 Å². The van der Waals surface area contributed by atoms with Gasteiger partial charge in [0.2, 0.25) is 0 Å². The molecule has 0 saturated heterocycles. The van der Waals surface area contributed by atoms with Crippen molar-refractivity contribution in [1.29, 1.82) is 0 Å². The van der Waals surface area contributed by atoms with Gasteiger partial charge in [-0.1, -0.05) is 17.7 Å². The first-order chi connectivity index (χ1) is 9.89. The van der Waals surface area contributed by atoms with Crippen molar-refractivity contribution in [3.8, 4) is 0 Å². The molecule has 0 unspecified atom stereocenters. The fourth-order valence-electron chi connectivity index (χ4n) is 2.14. The summed E-state index contributed by atoms with van der Waals surface area (Å²) in [4.78, 5) is 1.12. The van der Waals surface area contributed by atoms with Gasteiger partial charge in [0.15, 0.2) is 0 Å². The van der Waals surface area contributed by atoms with Gasteiger partial charge < -0.3 is 15.3 Å². The van der Waals surface area contributed by atoms with Gasteiger partial charge in [0, 0.05) is 29.8 Å². The Kier molecular flexibility index (Phi) is 5.35. The summed E-state index contributed by atoms with van der Waals surface area (Å²) in [5, 5.41) is 12.7. The molecule has 118 valence electrons. The van der Waals surface area contributed by atoms with E-state index < -0.39 is 12.7 Å². The Bertz CT molecular complexity index is 478. The number of anilines is 1. The summed E-state index contributed by atoms with van der Waals surface area (Å²) in [6.07, 6.45) is -2.13. The summed E-state index contributed by atoms with van der Waals surface area (Å²) in [6, 6.07) is 5.38. The van der Waals surface area contributed by atoms with E-state index in [1.165, 1.54) is 6.07 Å². The molecular formula is C14H18ClF3N2O. The first kappa shape index (κ1) is 16.4. The van der Waals surface area contributed by atoms with Gasteiger partial charge in [0.25, 0.3) is 0 Å². The van der Waals surface area contributed by atoms with Gasteiger partial charge in [0.1, 0.15) is 6.54 Å². The van der Waals surface area contributed by atoms with E-state index in [4.69, 9.17) is 16.7 Å². The van der Waals surface area contributed by atoms with Crippen molar-refractivity contribution in [3.05, 3.63) is 28.8 Å². The zero-order chi connectivity index (χ0) is 15.5. The summed E-state index contributed by atoms with van der Waals surface area (Å²) >= 11 is 5.92. The van der Waals surface area contributed by atoms with E-state index in [1.54, 1.807) is 12.1 Å². The number of rotatable bonds is 7. The fourth-order valence-corrected chi connectivity index (χ4v) is 2.31. The standard InChI is InChI=1S/C14H18ClF3N2O/c15-11-2-1-10(8-19-12-3-4-12)13(7-11)20(5-6-21)9-14(16,17)18/h1-2,7,12,19,21H,3-6,8-9H2. The lowest BCUT2D eigenvalue weighted by molar-refractivity contribution is -0.119. The molecule has 1 aliphatic carbocycles. The van der Waals surface area contributed by atoms with Crippen LogP contribution in [0.4, 0.5) is 18.9 Å². The van der Waals surface area contributed by atoms with Crippen LogP contribution in [0.3, 0.4) is 0 Å². The van der Waals surface area contributed by atoms with Gasteiger partial charge in [-0.05, 0) is 30.5 Å². The van der Waals surface area contributed by atoms with Crippen molar-refractivity contribution >= 4 is 17.3 Å². The van der Waals surface area contributed by atoms with E-state index in [9.17, 15) is 13.2 Å². The third-order valence-electron chi connectivity index (χ3n) is 3.29. The van der Waals surface area contributed by atoms with Crippen LogP contribution < -0.4 is 10.2 Å². The third kappa shape index (κ3) is 5.37. The molecular weight excluding hydrogens is 305 g/mol. The number of benzene rings is 1. The number of aliphatic hydroxyl groups is 1. The second kappa shape index (κ2) is 6.85. The predicted octanol–water partition coefficient (Wildman–Crippen LogP) is 2.95. The lowest BCUT2D eigenvalue weighted by atomic mass is 10.1. The maximum Gasteiger partial charge on any atom is 0.405 e. The van der Waals surface area contributed by atoms with Crippen molar-refractivity contribution < 1.29 is 18.3 Å². The number of aliphatic hydroxyl groups excluding tert-OH is 1. The largest absolute Gasteiger partial charge is 0.405 e. The van der Waals surface area contributed by atoms with Crippen LogP contribution in [0.1, 0.15) is 18.4 Å². The predicted molar refractivity (Wildman–Crippen MR) is 76.7 cm³/mol. The maximum atomic E-state index is 12.7. The summed E-state index contributed by atoms with van der Waals surface area (Å²) < 4.78 is 38.1. The number of halogens is 4. The van der Waals surface area contributed by atoms with Crippen LogP contribution in [0.25, 0.3) is 0 Å². The Morgan fingerprint density at radius 2 is 2.05 bits per heavy atom. The number of nitrogens with zero attached hydrogens (tertiary/aromatic N) is 1. The van der Waals surface area contributed by atoms with E-state index in [0.717, 1.165) is 23.3 Å². The van der Waals surface area contributed by atoms with Crippen LogP contribution >= 0.6 is 11.6 Å². The van der Waals surface area contributed by atoms with Gasteiger partial charge in [0.05, 0.1) is 6.61 Å². The van der Waals surface area contributed by atoms with Gasteiger partial charge in [-0.2, -0.15) is 13.2 Å². The van der Waals surface area contributed by atoms with Crippen molar-refractivity contribution in [1.82, 2.24) is 5.32 Å². The highest BCUT2D eigenvalue weighted by molar-refractivity contribution is 6.30. The molecule has 0 radical (unpaired) electrons. The molecule has 0 atom stereocenters. The second-order valence-electron chi connectivity index (χ2n) is 5.19. The zero-order valence-corrected chi connectivity index (χ0v) is 12.2. The number of alkyl halides is 3. The quantitative estimate of drug-likeness (QED) is 0.810. The van der Waals surface area contributed by atoms with Crippen LogP contribution in [0, 0.1) is 0 Å². The highest BCUT2D eigenvalue weighted by Crippen LogP contribution is 2.29. The number of hydrogen-bond acceptors (Lipinski definition) is 3. The van der Waals surface area contributed by atoms with E-state index >= 15 is 0 Å². The SMILES string of the molecule is OCCN(CC(F)(F)F)c1cc(Cl)ccc1CNC1CC1. The average Bonchev–Trinajstić information content (AvgIpc) is 3.19. The third-order valence-corrected chi connectivity index (χ3v) is 3.52. The summed E-state index contributed by atoms with van der Waals surface area (Å²) in [7, 11) is 0. The Morgan fingerprint density at radius 1 is 1.33 bits per heavy atom. The molecule has 21 heavy (non-hydrogen) atoms. The molecule has 3 nitrogen and oxygen atoms in total. The van der Waals surface area contributed by atoms with Crippen LogP contribution in [0.5, 0.6) is 0 Å². The minimum atomic E-state index is -4.33. The van der Waals surface area contributed by atoms with Gasteiger partial charge in [-0.25, -0.2) is 0 Å². The molecule has 0 bridgehead atoms. The highest BCUT2D eigenvalue weighted by atomic mass is 35.5. The van der Waals surface area contributed by atoms with Crippen molar-refractivity contribution in [2.24, 2.45) is 0 Å². The summed E-state index contributed by atoms with van der Waals surface area (Å²) in [5.41, 5.74) is 1.17. The topological polar surface area (TPSA) is 35.5 Å². The first-order valence-corrected chi connectivity index (χ1v) is 7.21. The maximum absolute atomic E-state index is 12.7. The van der Waals surface area contributed by atoms with Crippen LogP contribution in [0.15, 0.2) is 18.2 Å². The van der Waals surface area contributed by atoms with Crippen molar-refractivity contribution in [3.63, 3.8) is 0 Å². The molecule has 1 aromatic rings. The normalized spacial score (nSPS) is 15.3. The molecule has 1 fully saturated rings. The van der Waals surface area contributed by atoms with E-state index in [0.29, 0.717) is 23.3 Å². The molecule has 2 rings (SSSR count). The Balaban J connectivity index is 2.20. The van der Waals surface area contributed by atoms with Crippen LogP contribution in [0.2, 0.25) is 5.02 Å². The molecule has 1 saturated carbocycles. The molecule has 0 heterocycles. The molecule has 7 heteroatoms. The van der Waals surface area contributed by atoms with Crippen LogP contribution in [-0.4, -0.2) is 37.0 Å². The second-order valence-corrected chi connectivity index (χ2v) is 5.62. The Hall–Kier alpha value is -0.980. The fraction of sp³-hybridized carbons (Fsp3) is 0.571. The molecule has 1 aliphatic rings. The Morgan fingerprint density at radius 3 is 2.62 bits per heavy atom. The zero-order valence-electron chi connectivity index (χ0n) is 11.5. The molecule has 0 spiro atoms. The number of hydrogen-bond donors (Lipinski definition) is 2. The van der Waals surface area contributed by atoms with Gasteiger partial charge in [-0.15, -0.1) is 0 Å². The molecule has 2 N–H and O–H groups in total. The summed E-state index contributed by atoms with van der Waals surface area (Å²) in [5.74, 6) is 0.